The van der Waals surface area contributed by atoms with Crippen molar-refractivity contribution in [2.45, 2.75) is 37.9 Å². The summed E-state index contributed by atoms with van der Waals surface area (Å²) in [4.78, 5) is 44.9. The quantitative estimate of drug-likeness (QED) is 0.711. The molecule has 156 valence electrons. The fourth-order valence-corrected chi connectivity index (χ4v) is 3.95. The van der Waals surface area contributed by atoms with Gasteiger partial charge in [0.25, 0.3) is 5.91 Å². The number of urea groups is 1. The average molecular weight is 407 g/mol. The lowest BCUT2D eigenvalue weighted by Crippen LogP contribution is -2.46. The van der Waals surface area contributed by atoms with Gasteiger partial charge in [0, 0.05) is 38.1 Å². The molecule has 2 fully saturated rings. The lowest BCUT2D eigenvalue weighted by molar-refractivity contribution is -0.126. The number of aromatic nitrogens is 1. The summed E-state index contributed by atoms with van der Waals surface area (Å²) in [6.07, 6.45) is 5.30. The third kappa shape index (κ3) is 4.65. The van der Waals surface area contributed by atoms with Crippen LogP contribution in [0.3, 0.4) is 0 Å². The third-order valence-corrected chi connectivity index (χ3v) is 5.50. The van der Waals surface area contributed by atoms with Crippen molar-refractivity contribution in [1.29, 1.82) is 0 Å². The fraction of sp³-hybridized carbons (Fsp3) is 0.364. The second-order valence-corrected chi connectivity index (χ2v) is 7.69. The number of carbonyl (C=O) groups is 3. The molecular weight excluding hydrogens is 382 g/mol. The van der Waals surface area contributed by atoms with Crippen molar-refractivity contribution in [2.75, 3.05) is 18.0 Å². The van der Waals surface area contributed by atoms with Crippen LogP contribution in [0.15, 0.2) is 54.9 Å². The van der Waals surface area contributed by atoms with Gasteiger partial charge in [0.2, 0.25) is 5.91 Å². The maximum atomic E-state index is 12.6. The molecule has 0 saturated carbocycles. The number of anilines is 1. The largest absolute Gasteiger partial charge is 0.353 e. The number of para-hydroxylation sites is 1. The predicted octanol–water partition coefficient (Wildman–Crippen LogP) is 1.68. The number of hydrogen-bond acceptors (Lipinski definition) is 5. The van der Waals surface area contributed by atoms with Crippen molar-refractivity contribution >= 4 is 23.5 Å². The van der Waals surface area contributed by atoms with E-state index in [0.29, 0.717) is 5.69 Å². The van der Waals surface area contributed by atoms with E-state index in [1.165, 1.54) is 5.56 Å². The van der Waals surface area contributed by atoms with Crippen molar-refractivity contribution in [3.63, 3.8) is 0 Å². The Kier molecular flexibility index (Phi) is 6.04. The maximum Gasteiger partial charge on any atom is 0.329 e. The number of piperidine rings is 1. The zero-order valence-electron chi connectivity index (χ0n) is 16.7. The van der Waals surface area contributed by atoms with Crippen LogP contribution in [0.25, 0.3) is 0 Å². The van der Waals surface area contributed by atoms with Gasteiger partial charge in [-0.05, 0) is 36.6 Å². The second-order valence-electron chi connectivity index (χ2n) is 7.69. The number of carbonyl (C=O) groups excluding carboxylic acids is 3. The molecule has 4 rings (SSSR count). The lowest BCUT2D eigenvalue weighted by Gasteiger charge is -2.32. The minimum Gasteiger partial charge on any atom is -0.353 e. The van der Waals surface area contributed by atoms with Gasteiger partial charge in [-0.15, -0.1) is 0 Å². The van der Waals surface area contributed by atoms with Crippen LogP contribution in [0.4, 0.5) is 10.5 Å². The van der Waals surface area contributed by atoms with Crippen molar-refractivity contribution < 1.29 is 14.4 Å². The Hall–Kier alpha value is -3.26. The first-order valence-corrected chi connectivity index (χ1v) is 10.2. The second kappa shape index (κ2) is 9.04. The number of likely N-dealkylation sites (tertiary alicyclic amines) is 1. The van der Waals surface area contributed by atoms with Gasteiger partial charge < -0.3 is 10.6 Å². The van der Waals surface area contributed by atoms with Gasteiger partial charge >= 0.3 is 6.03 Å². The molecule has 3 heterocycles. The Morgan fingerprint density at radius 1 is 1.10 bits per heavy atom. The van der Waals surface area contributed by atoms with E-state index in [1.807, 2.05) is 18.3 Å². The molecular formula is C22H25N5O3. The molecule has 0 aliphatic carbocycles. The van der Waals surface area contributed by atoms with Crippen LogP contribution in [0, 0.1) is 0 Å². The molecule has 0 unspecified atom stereocenters. The molecule has 8 nitrogen and oxygen atoms in total. The zero-order valence-corrected chi connectivity index (χ0v) is 16.7. The van der Waals surface area contributed by atoms with E-state index in [2.05, 4.69) is 26.6 Å². The molecule has 2 saturated heterocycles. The van der Waals surface area contributed by atoms with Crippen molar-refractivity contribution in [3.8, 4) is 0 Å². The van der Waals surface area contributed by atoms with Crippen molar-refractivity contribution in [1.82, 2.24) is 20.5 Å². The summed E-state index contributed by atoms with van der Waals surface area (Å²) in [5.41, 5.74) is 1.68. The highest BCUT2D eigenvalue weighted by atomic mass is 16.2. The van der Waals surface area contributed by atoms with E-state index in [4.69, 9.17) is 0 Å². The van der Waals surface area contributed by atoms with Gasteiger partial charge in [-0.3, -0.25) is 19.5 Å². The van der Waals surface area contributed by atoms with Crippen LogP contribution < -0.4 is 15.5 Å². The van der Waals surface area contributed by atoms with Gasteiger partial charge in [0.1, 0.15) is 6.04 Å². The summed E-state index contributed by atoms with van der Waals surface area (Å²) in [5.74, 6) is -0.609. The Morgan fingerprint density at radius 2 is 1.87 bits per heavy atom. The number of imide groups is 1. The van der Waals surface area contributed by atoms with E-state index in [9.17, 15) is 14.4 Å². The molecule has 1 atom stereocenters. The Balaban J connectivity index is 1.24. The first-order valence-electron chi connectivity index (χ1n) is 10.2. The van der Waals surface area contributed by atoms with Gasteiger partial charge in [-0.1, -0.05) is 24.3 Å². The van der Waals surface area contributed by atoms with Gasteiger partial charge in [-0.2, -0.15) is 0 Å². The first-order chi connectivity index (χ1) is 14.6. The number of nitrogens with one attached hydrogen (secondary N) is 2. The minimum absolute atomic E-state index is 0.0518. The van der Waals surface area contributed by atoms with Crippen LogP contribution in [0.1, 0.15) is 24.8 Å². The molecule has 2 aliphatic rings. The minimum atomic E-state index is -0.830. The zero-order chi connectivity index (χ0) is 20.9. The highest BCUT2D eigenvalue weighted by molar-refractivity contribution is 6.22. The van der Waals surface area contributed by atoms with Crippen molar-refractivity contribution in [3.05, 3.63) is 60.4 Å². The highest BCUT2D eigenvalue weighted by Crippen LogP contribution is 2.20. The average Bonchev–Trinajstić information content (AvgIpc) is 3.03. The van der Waals surface area contributed by atoms with Crippen LogP contribution >= 0.6 is 0 Å². The molecule has 1 aromatic carbocycles. The normalized spacial score (nSPS) is 20.3. The van der Waals surface area contributed by atoms with E-state index in [1.54, 1.807) is 30.5 Å². The Bertz CT molecular complexity index is 898. The molecule has 2 N–H and O–H groups in total. The molecule has 2 aliphatic heterocycles. The molecule has 0 bridgehead atoms. The van der Waals surface area contributed by atoms with E-state index in [0.717, 1.165) is 37.4 Å². The van der Waals surface area contributed by atoms with Gasteiger partial charge in [0.15, 0.2) is 0 Å². The number of rotatable bonds is 6. The van der Waals surface area contributed by atoms with E-state index < -0.39 is 18.0 Å². The number of benzene rings is 1. The van der Waals surface area contributed by atoms with Crippen LogP contribution in [0.5, 0.6) is 0 Å². The molecule has 4 amide bonds. The molecule has 0 radical (unpaired) electrons. The molecule has 0 spiro atoms. The lowest BCUT2D eigenvalue weighted by atomic mass is 10.0. The first kappa shape index (κ1) is 20.0. The summed E-state index contributed by atoms with van der Waals surface area (Å²) < 4.78 is 0. The summed E-state index contributed by atoms with van der Waals surface area (Å²) in [5, 5.41) is 5.64. The third-order valence-electron chi connectivity index (χ3n) is 5.50. The van der Waals surface area contributed by atoms with Gasteiger partial charge in [0.05, 0.1) is 12.1 Å². The summed E-state index contributed by atoms with van der Waals surface area (Å²) in [6.45, 7) is 2.63. The molecule has 2 aromatic rings. The number of pyridine rings is 1. The van der Waals surface area contributed by atoms with E-state index >= 15 is 0 Å². The monoisotopic (exact) mass is 407 g/mol. The fourth-order valence-electron chi connectivity index (χ4n) is 3.95. The number of amides is 4. The molecule has 1 aromatic heterocycles. The van der Waals surface area contributed by atoms with Crippen molar-refractivity contribution in [2.24, 2.45) is 0 Å². The molecule has 30 heavy (non-hydrogen) atoms. The highest BCUT2D eigenvalue weighted by Gasteiger charge is 2.40. The number of nitrogens with zero attached hydrogens (tertiary/aromatic N) is 3. The van der Waals surface area contributed by atoms with E-state index in [-0.39, 0.29) is 18.4 Å². The molecule has 8 heteroatoms. The Morgan fingerprint density at radius 3 is 2.57 bits per heavy atom. The standard InChI is InChI=1S/C22H25N5O3/c28-20(13-19-21(29)27(22(30)25-19)18-6-2-1-3-7-18)24-17-8-11-26(12-9-17)15-16-5-4-10-23-14-16/h1-7,10,14,17,19H,8-9,11-13,15H2,(H,24,28)(H,25,30)/t19-/m1/s1. The SMILES string of the molecule is O=C(C[C@H]1NC(=O)N(c2ccccc2)C1=O)NC1CCN(Cc2cccnc2)CC1. The Labute approximate surface area is 175 Å². The number of hydrogen-bond donors (Lipinski definition) is 2. The van der Waals surface area contributed by atoms with Crippen LogP contribution in [-0.2, 0) is 16.1 Å². The smallest absolute Gasteiger partial charge is 0.329 e. The summed E-state index contributed by atoms with van der Waals surface area (Å²) in [7, 11) is 0. The van der Waals surface area contributed by atoms with Gasteiger partial charge in [-0.25, -0.2) is 9.69 Å². The topological polar surface area (TPSA) is 94.6 Å². The summed E-state index contributed by atoms with van der Waals surface area (Å²) in [6, 6.07) is 11.5. The predicted molar refractivity (Wildman–Crippen MR) is 112 cm³/mol. The van der Waals surface area contributed by atoms with Crippen LogP contribution in [-0.4, -0.2) is 52.9 Å². The van der Waals surface area contributed by atoms with Crippen LogP contribution in [0.2, 0.25) is 0 Å². The maximum absolute atomic E-state index is 12.6. The summed E-state index contributed by atoms with van der Waals surface area (Å²) >= 11 is 0.